The van der Waals surface area contributed by atoms with Gasteiger partial charge < -0.3 is 19.7 Å². The third-order valence-corrected chi connectivity index (χ3v) is 4.18. The second-order valence-corrected chi connectivity index (χ2v) is 7.55. The van der Waals surface area contributed by atoms with Crippen molar-refractivity contribution in [2.75, 3.05) is 26.2 Å². The van der Waals surface area contributed by atoms with Crippen molar-refractivity contribution in [2.45, 2.75) is 52.2 Å². The van der Waals surface area contributed by atoms with E-state index < -0.39 is 5.60 Å². The van der Waals surface area contributed by atoms with Gasteiger partial charge in [-0.05, 0) is 64.3 Å². The van der Waals surface area contributed by atoms with E-state index in [0.717, 1.165) is 43.8 Å². The van der Waals surface area contributed by atoms with Gasteiger partial charge in [-0.25, -0.2) is 4.79 Å². The maximum atomic E-state index is 11.9. The zero-order valence-electron chi connectivity index (χ0n) is 16.2. The molecule has 26 heavy (non-hydrogen) atoms. The molecule has 1 aromatic carbocycles. The molecule has 1 aliphatic heterocycles. The van der Waals surface area contributed by atoms with Crippen LogP contribution in [0.5, 0.6) is 5.75 Å². The molecular weight excluding hydrogens is 330 g/mol. The number of likely N-dealkylation sites (tertiary alicyclic amines) is 1. The van der Waals surface area contributed by atoms with E-state index in [9.17, 15) is 4.79 Å². The summed E-state index contributed by atoms with van der Waals surface area (Å²) in [4.78, 5) is 14.2. The first-order valence-electron chi connectivity index (χ1n) is 9.18. The molecule has 0 aromatic heterocycles. The third-order valence-electron chi connectivity index (χ3n) is 4.18. The van der Waals surface area contributed by atoms with Crippen molar-refractivity contribution < 1.29 is 14.3 Å². The molecule has 0 unspecified atom stereocenters. The Morgan fingerprint density at radius 3 is 2.85 bits per heavy atom. The molecule has 0 saturated carbocycles. The van der Waals surface area contributed by atoms with Crippen LogP contribution < -0.4 is 10.1 Å². The number of nitrogens with one attached hydrogen (secondary N) is 1. The minimum Gasteiger partial charge on any atom is -0.494 e. The Labute approximate surface area is 156 Å². The fourth-order valence-electron chi connectivity index (χ4n) is 3.05. The van der Waals surface area contributed by atoms with E-state index in [1.165, 1.54) is 0 Å². The average Bonchev–Trinajstić information content (AvgIpc) is 2.99. The highest BCUT2D eigenvalue weighted by molar-refractivity contribution is 5.68. The van der Waals surface area contributed by atoms with Crippen molar-refractivity contribution in [1.29, 1.82) is 5.26 Å². The van der Waals surface area contributed by atoms with Crippen LogP contribution in [-0.4, -0.2) is 48.9 Å². The number of alkyl carbamates (subject to hydrolysis) is 1. The summed E-state index contributed by atoms with van der Waals surface area (Å²) in [6, 6.07) is 7.85. The molecule has 1 aliphatic rings. The van der Waals surface area contributed by atoms with Crippen molar-refractivity contribution in [3.8, 4) is 11.8 Å². The minimum atomic E-state index is -0.482. The lowest BCUT2D eigenvalue weighted by atomic mass is 10.1. The van der Waals surface area contributed by atoms with Crippen LogP contribution in [0.25, 0.3) is 0 Å². The Bertz CT molecular complexity index is 661. The molecule has 0 radical (unpaired) electrons. The predicted molar refractivity (Wildman–Crippen MR) is 100 cm³/mol. The fourth-order valence-corrected chi connectivity index (χ4v) is 3.05. The van der Waals surface area contributed by atoms with E-state index in [-0.39, 0.29) is 12.1 Å². The van der Waals surface area contributed by atoms with E-state index in [2.05, 4.69) is 16.3 Å². The zero-order chi connectivity index (χ0) is 19.2. The largest absolute Gasteiger partial charge is 0.494 e. The second-order valence-electron chi connectivity index (χ2n) is 7.55. The Morgan fingerprint density at radius 2 is 2.19 bits per heavy atom. The standard InChI is InChI=1S/C20H29N3O3/c1-5-25-18-7-6-15(13-21)12-16(18)8-10-23-11-9-17(14-23)22-19(24)26-20(2,3)4/h6-7,12,17H,5,8-11,14H2,1-4H3,(H,22,24)/t17-/m0/s1. The van der Waals surface area contributed by atoms with Crippen LogP contribution in [0.15, 0.2) is 18.2 Å². The quantitative estimate of drug-likeness (QED) is 0.845. The van der Waals surface area contributed by atoms with Crippen LogP contribution in [0.1, 0.15) is 45.2 Å². The lowest BCUT2D eigenvalue weighted by molar-refractivity contribution is 0.0506. The van der Waals surface area contributed by atoms with Gasteiger partial charge in [0, 0.05) is 25.7 Å². The zero-order valence-corrected chi connectivity index (χ0v) is 16.2. The second kappa shape index (κ2) is 8.91. The summed E-state index contributed by atoms with van der Waals surface area (Å²) in [6.45, 7) is 10.7. The fraction of sp³-hybridized carbons (Fsp3) is 0.600. The molecule has 0 aliphatic carbocycles. The number of hydrogen-bond acceptors (Lipinski definition) is 5. The van der Waals surface area contributed by atoms with Crippen molar-refractivity contribution in [3.63, 3.8) is 0 Å². The Hall–Kier alpha value is -2.26. The summed E-state index contributed by atoms with van der Waals surface area (Å²) in [7, 11) is 0. The highest BCUT2D eigenvalue weighted by Gasteiger charge is 2.26. The van der Waals surface area contributed by atoms with Crippen LogP contribution in [-0.2, 0) is 11.2 Å². The summed E-state index contributed by atoms with van der Waals surface area (Å²) in [5, 5.41) is 12.1. The van der Waals surface area contributed by atoms with Gasteiger partial charge in [0.2, 0.25) is 0 Å². The number of carbonyl (C=O) groups excluding carboxylic acids is 1. The maximum absolute atomic E-state index is 11.9. The number of nitrogens with zero attached hydrogens (tertiary/aromatic N) is 2. The molecule has 0 spiro atoms. The van der Waals surface area contributed by atoms with Gasteiger partial charge in [-0.3, -0.25) is 0 Å². The lowest BCUT2D eigenvalue weighted by Gasteiger charge is -2.22. The number of nitriles is 1. The topological polar surface area (TPSA) is 74.6 Å². The smallest absolute Gasteiger partial charge is 0.407 e. The summed E-state index contributed by atoms with van der Waals surface area (Å²) in [5.74, 6) is 0.842. The molecule has 142 valence electrons. The molecule has 1 fully saturated rings. The molecule has 2 rings (SSSR count). The summed E-state index contributed by atoms with van der Waals surface area (Å²) in [5.41, 5.74) is 1.22. The van der Waals surface area contributed by atoms with Gasteiger partial charge in [0.1, 0.15) is 11.4 Å². The molecule has 6 nitrogen and oxygen atoms in total. The molecule has 1 atom stereocenters. The third kappa shape index (κ3) is 6.23. The van der Waals surface area contributed by atoms with E-state index in [0.29, 0.717) is 12.2 Å². The van der Waals surface area contributed by atoms with Crippen molar-refractivity contribution >= 4 is 6.09 Å². The first kappa shape index (κ1) is 20.1. The maximum Gasteiger partial charge on any atom is 0.407 e. The van der Waals surface area contributed by atoms with Crippen LogP contribution >= 0.6 is 0 Å². The number of rotatable bonds is 6. The van der Waals surface area contributed by atoms with Gasteiger partial charge in [-0.1, -0.05) is 0 Å². The van der Waals surface area contributed by atoms with Gasteiger partial charge >= 0.3 is 6.09 Å². The Morgan fingerprint density at radius 1 is 1.42 bits per heavy atom. The highest BCUT2D eigenvalue weighted by atomic mass is 16.6. The van der Waals surface area contributed by atoms with E-state index in [4.69, 9.17) is 14.7 Å². The van der Waals surface area contributed by atoms with Crippen LogP contribution in [0.2, 0.25) is 0 Å². The molecule has 1 aromatic rings. The molecule has 1 amide bonds. The number of hydrogen-bond donors (Lipinski definition) is 1. The van der Waals surface area contributed by atoms with Gasteiger partial charge in [0.15, 0.2) is 0 Å². The van der Waals surface area contributed by atoms with Crippen molar-refractivity contribution in [1.82, 2.24) is 10.2 Å². The monoisotopic (exact) mass is 359 g/mol. The number of benzene rings is 1. The van der Waals surface area contributed by atoms with Crippen LogP contribution in [0.3, 0.4) is 0 Å². The molecular formula is C20H29N3O3. The minimum absolute atomic E-state index is 0.113. The molecule has 1 saturated heterocycles. The van der Waals surface area contributed by atoms with E-state index in [1.807, 2.05) is 39.8 Å². The Kier molecular flexibility index (Phi) is 6.87. The average molecular weight is 359 g/mol. The summed E-state index contributed by atoms with van der Waals surface area (Å²) < 4.78 is 11.0. The van der Waals surface area contributed by atoms with Gasteiger partial charge in [-0.15, -0.1) is 0 Å². The van der Waals surface area contributed by atoms with Crippen LogP contribution in [0, 0.1) is 11.3 Å². The first-order chi connectivity index (χ1) is 12.3. The molecule has 6 heteroatoms. The van der Waals surface area contributed by atoms with Crippen molar-refractivity contribution in [2.24, 2.45) is 0 Å². The van der Waals surface area contributed by atoms with Gasteiger partial charge in [0.05, 0.1) is 18.2 Å². The predicted octanol–water partition coefficient (Wildman–Crippen LogP) is 3.10. The number of ether oxygens (including phenoxy) is 2. The molecule has 0 bridgehead atoms. The summed E-state index contributed by atoms with van der Waals surface area (Å²) in [6.07, 6.45) is 1.37. The molecule has 1 heterocycles. The van der Waals surface area contributed by atoms with E-state index >= 15 is 0 Å². The Balaban J connectivity index is 1.86. The van der Waals surface area contributed by atoms with Crippen LogP contribution in [0.4, 0.5) is 4.79 Å². The van der Waals surface area contributed by atoms with E-state index in [1.54, 1.807) is 6.07 Å². The molecule has 1 N–H and O–H groups in total. The van der Waals surface area contributed by atoms with Crippen molar-refractivity contribution in [3.05, 3.63) is 29.3 Å². The number of carbonyl (C=O) groups is 1. The van der Waals surface area contributed by atoms with Gasteiger partial charge in [0.25, 0.3) is 0 Å². The number of amides is 1. The SMILES string of the molecule is CCOc1ccc(C#N)cc1CCN1CC[C@H](NC(=O)OC(C)(C)C)C1. The highest BCUT2D eigenvalue weighted by Crippen LogP contribution is 2.22. The first-order valence-corrected chi connectivity index (χ1v) is 9.18. The lowest BCUT2D eigenvalue weighted by Crippen LogP contribution is -2.40. The normalized spacial score (nSPS) is 17.6. The van der Waals surface area contributed by atoms with Gasteiger partial charge in [-0.2, -0.15) is 5.26 Å². The summed E-state index contributed by atoms with van der Waals surface area (Å²) >= 11 is 0.